The minimum absolute atomic E-state index is 0.0425. The van der Waals surface area contributed by atoms with Crippen molar-refractivity contribution in [3.63, 3.8) is 0 Å². The lowest BCUT2D eigenvalue weighted by molar-refractivity contribution is -0.157. The molecule has 1 aliphatic heterocycles. The van der Waals surface area contributed by atoms with E-state index in [9.17, 15) is 53.4 Å². The Hall–Kier alpha value is -6.66. The van der Waals surface area contributed by atoms with Crippen molar-refractivity contribution in [2.75, 3.05) is 55.9 Å². The van der Waals surface area contributed by atoms with Gasteiger partial charge in [-0.15, -0.1) is 0 Å². The van der Waals surface area contributed by atoms with Crippen LogP contribution in [0.5, 0.6) is 0 Å². The summed E-state index contributed by atoms with van der Waals surface area (Å²) in [5, 5.41) is 32.4. The van der Waals surface area contributed by atoms with Gasteiger partial charge in [0.2, 0.25) is 65.0 Å². The molecule has 0 aromatic heterocycles. The van der Waals surface area contributed by atoms with Crippen LogP contribution in [0.15, 0.2) is 12.2 Å². The maximum absolute atomic E-state index is 15.2. The van der Waals surface area contributed by atoms with Crippen LogP contribution < -0.4 is 21.3 Å². The molecule has 1 rings (SSSR count). The van der Waals surface area contributed by atoms with Gasteiger partial charge in [-0.25, -0.2) is 4.79 Å². The molecule has 1 saturated heterocycles. The van der Waals surface area contributed by atoms with Crippen molar-refractivity contribution >= 4 is 70.9 Å². The molecule has 0 aliphatic carbocycles. The number of aliphatic carboxylic acids is 1. The van der Waals surface area contributed by atoms with Crippen LogP contribution in [-0.4, -0.2) is 238 Å². The van der Waals surface area contributed by atoms with Crippen molar-refractivity contribution in [1.82, 2.24) is 55.6 Å². The number of carbonyl (C=O) groups is 12. The van der Waals surface area contributed by atoms with E-state index in [0.29, 0.717) is 12.8 Å². The fourth-order valence-corrected chi connectivity index (χ4v) is 10.9. The summed E-state index contributed by atoms with van der Waals surface area (Å²) in [7, 11) is 9.69. The first kappa shape index (κ1) is 80.4. The van der Waals surface area contributed by atoms with Gasteiger partial charge in [-0.05, 0) is 107 Å². The molecule has 25 heteroatoms. The molecule has 0 unspecified atom stereocenters. The summed E-state index contributed by atoms with van der Waals surface area (Å²) in [6.45, 7) is 27.4. The second kappa shape index (κ2) is 36.9. The third-order valence-electron chi connectivity index (χ3n) is 16.7. The van der Waals surface area contributed by atoms with E-state index < -0.39 is 162 Å². The zero-order valence-electron chi connectivity index (χ0n) is 57.8. The molecule has 6 N–H and O–H groups in total. The second-order valence-corrected chi connectivity index (χ2v) is 26.9. The van der Waals surface area contributed by atoms with Crippen molar-refractivity contribution < 1.29 is 67.7 Å². The summed E-state index contributed by atoms with van der Waals surface area (Å²) in [5.74, 6) is -11.4. The monoisotopic (exact) mass is 1260 g/mol. The van der Waals surface area contributed by atoms with E-state index in [1.807, 2.05) is 55.4 Å². The Morgan fingerprint density at radius 3 is 1.44 bits per heavy atom. The number of nitrogens with zero attached hydrogens (tertiary/aromatic N) is 7. The summed E-state index contributed by atoms with van der Waals surface area (Å²) in [4.78, 5) is 180. The average Bonchev–Trinajstić information content (AvgIpc) is 2.42. The van der Waals surface area contributed by atoms with Crippen LogP contribution in [-0.2, 0) is 57.5 Å². The molecule has 1 heterocycles. The molecule has 0 bridgehead atoms. The fourth-order valence-electron chi connectivity index (χ4n) is 10.9. The van der Waals surface area contributed by atoms with Gasteiger partial charge in [0.15, 0.2) is 0 Å². The van der Waals surface area contributed by atoms with Gasteiger partial charge in [0.05, 0.1) is 12.6 Å². The number of carbonyl (C=O) groups excluding carboxylic acids is 11. The molecule has 89 heavy (non-hydrogen) atoms. The zero-order chi connectivity index (χ0) is 69.0. The van der Waals surface area contributed by atoms with E-state index >= 15 is 14.4 Å². The van der Waals surface area contributed by atoms with Crippen LogP contribution in [0.2, 0.25) is 0 Å². The smallest absolute Gasteiger partial charge is 0.327 e. The highest BCUT2D eigenvalue weighted by molar-refractivity contribution is 5.99. The van der Waals surface area contributed by atoms with Gasteiger partial charge in [-0.3, -0.25) is 52.7 Å². The Balaban J connectivity index is 4.39. The van der Waals surface area contributed by atoms with Gasteiger partial charge in [-0.2, -0.15) is 0 Å². The van der Waals surface area contributed by atoms with Crippen molar-refractivity contribution in [3.05, 3.63) is 12.2 Å². The first-order chi connectivity index (χ1) is 41.1. The van der Waals surface area contributed by atoms with Crippen LogP contribution in [0.25, 0.3) is 0 Å². The standard InChI is InChI=1S/C64H113N11O14/c1-24-44-60(85)69(17)34-49(76)70(18)45(30-28-35(2)3)56(81)68-51(39(10)11)63(88)72(20)47(32-37(6)7)57(82)65-42(15)55(80)66-43(16)59(84)71(19)46(31-29-36(4)5)61(86)73(21)48(33-38(8)9)62(87)74(22)52(40(12)13)64(89)75(23)53(58(83)67-44)54(79)41(14)26-25-27-50(77)78/h25,27,35-48,51-54,79H,24,26,28-34H2,1-23H3,(H,65,82)(H,66,80)(H,67,83)(H,68,81)(H,77,78)/b27-25+/t41-,42+,43-,44+,45+,46+,47+,48+,51+,52+,53+,54-/m1/s1. The molecule has 0 aromatic rings. The predicted molar refractivity (Wildman–Crippen MR) is 340 cm³/mol. The molecule has 508 valence electrons. The van der Waals surface area contributed by atoms with E-state index in [-0.39, 0.29) is 62.2 Å². The Morgan fingerprint density at radius 2 is 0.955 bits per heavy atom. The molecule has 11 amide bonds. The third kappa shape index (κ3) is 23.6. The van der Waals surface area contributed by atoms with E-state index in [4.69, 9.17) is 0 Å². The normalized spacial score (nSPS) is 26.2. The van der Waals surface area contributed by atoms with Crippen molar-refractivity contribution in [2.45, 2.75) is 229 Å². The second-order valence-electron chi connectivity index (χ2n) is 26.9. The molecule has 0 radical (unpaired) electrons. The van der Waals surface area contributed by atoms with Crippen molar-refractivity contribution in [3.8, 4) is 0 Å². The van der Waals surface area contributed by atoms with Gasteiger partial charge in [-0.1, -0.05) is 103 Å². The first-order valence-corrected chi connectivity index (χ1v) is 31.7. The van der Waals surface area contributed by atoms with E-state index in [1.165, 1.54) is 93.8 Å². The Bertz CT molecular complexity index is 2470. The maximum atomic E-state index is 15.2. The van der Waals surface area contributed by atoms with Crippen molar-refractivity contribution in [2.24, 2.45) is 41.4 Å². The van der Waals surface area contributed by atoms with E-state index in [1.54, 1.807) is 41.5 Å². The summed E-state index contributed by atoms with van der Waals surface area (Å²) in [5.41, 5.74) is 0. The third-order valence-corrected chi connectivity index (χ3v) is 16.7. The summed E-state index contributed by atoms with van der Waals surface area (Å²) >= 11 is 0. The van der Waals surface area contributed by atoms with Crippen LogP contribution >= 0.6 is 0 Å². The van der Waals surface area contributed by atoms with Gasteiger partial charge in [0.1, 0.15) is 60.4 Å². The molecule has 0 spiro atoms. The molecule has 1 aliphatic rings. The van der Waals surface area contributed by atoms with E-state index in [0.717, 1.165) is 15.9 Å². The molecular weight excluding hydrogens is 1150 g/mol. The summed E-state index contributed by atoms with van der Waals surface area (Å²) in [6.07, 6.45) is 1.84. The number of hydrogen-bond acceptors (Lipinski definition) is 13. The molecule has 25 nitrogen and oxygen atoms in total. The largest absolute Gasteiger partial charge is 0.478 e. The molecule has 1 fully saturated rings. The average molecular weight is 1260 g/mol. The number of allylic oxidation sites excluding steroid dienone is 1. The number of likely N-dealkylation sites (N-methyl/N-ethyl adjacent to an activating group) is 7. The number of hydrogen-bond donors (Lipinski definition) is 6. The topological polar surface area (TPSA) is 316 Å². The highest BCUT2D eigenvalue weighted by Crippen LogP contribution is 2.26. The predicted octanol–water partition coefficient (Wildman–Crippen LogP) is 3.11. The number of aliphatic hydroxyl groups is 1. The minimum Gasteiger partial charge on any atom is -0.478 e. The first-order valence-electron chi connectivity index (χ1n) is 31.7. The van der Waals surface area contributed by atoms with Crippen LogP contribution in [0.1, 0.15) is 162 Å². The number of carboxylic acids is 1. The van der Waals surface area contributed by atoms with Gasteiger partial charge in [0, 0.05) is 55.4 Å². The zero-order valence-corrected chi connectivity index (χ0v) is 57.8. The molecular formula is C64H113N11O14. The number of aliphatic hydroxyl groups excluding tert-OH is 1. The fraction of sp³-hybridized carbons (Fsp3) is 0.781. The maximum Gasteiger partial charge on any atom is 0.327 e. The number of nitrogens with one attached hydrogen (secondary N) is 4. The van der Waals surface area contributed by atoms with Crippen LogP contribution in [0.4, 0.5) is 0 Å². The van der Waals surface area contributed by atoms with Gasteiger partial charge in [0.25, 0.3) is 0 Å². The van der Waals surface area contributed by atoms with Crippen molar-refractivity contribution in [1.29, 1.82) is 0 Å². The number of amides is 11. The number of carboxylic acid groups (broad SMARTS) is 1. The van der Waals surface area contributed by atoms with Gasteiger partial charge >= 0.3 is 5.97 Å². The molecule has 0 saturated carbocycles. The highest BCUT2D eigenvalue weighted by atomic mass is 16.4. The Labute approximate surface area is 530 Å². The minimum atomic E-state index is -1.76. The van der Waals surface area contributed by atoms with Crippen LogP contribution in [0.3, 0.4) is 0 Å². The Kier molecular flexibility index (Phi) is 33.3. The Morgan fingerprint density at radius 1 is 0.494 bits per heavy atom. The SMILES string of the molecule is CC[C@@H]1NC(=O)[C@H]([C@H](O)[C@H](C)C/C=C/C(=O)O)N(C)C(=O)[C@H](C(C)C)N(C)C(=O)[C@H](CC(C)C)N(C)C(=O)[C@H](CCC(C)C)N(C)C(=O)[C@@H](C)NC(=O)[C@H](C)NC(=O)[C@H](CC(C)C)N(C)C(=O)[C@H](C(C)C)NC(=O)[C@H](CCC(C)C)N(C)C(=O)CN(C)C1=O. The lowest BCUT2D eigenvalue weighted by Gasteiger charge is -2.41. The van der Waals surface area contributed by atoms with Crippen LogP contribution in [0, 0.1) is 41.4 Å². The molecule has 0 aromatic carbocycles. The van der Waals surface area contributed by atoms with E-state index in [2.05, 4.69) is 21.3 Å². The number of rotatable bonds is 18. The molecule has 12 atom stereocenters. The highest BCUT2D eigenvalue weighted by Gasteiger charge is 2.45. The lowest BCUT2D eigenvalue weighted by Crippen LogP contribution is -2.63. The lowest BCUT2D eigenvalue weighted by atomic mass is 9.91. The van der Waals surface area contributed by atoms with Gasteiger partial charge < -0.3 is 65.8 Å². The summed E-state index contributed by atoms with van der Waals surface area (Å²) in [6, 6.07) is -12.8. The quantitative estimate of drug-likeness (QED) is 0.108. The summed E-state index contributed by atoms with van der Waals surface area (Å²) < 4.78 is 0.